The number of aromatic nitrogens is 2. The van der Waals surface area contributed by atoms with E-state index in [4.69, 9.17) is 5.11 Å². The summed E-state index contributed by atoms with van der Waals surface area (Å²) in [4.78, 5) is 76.2. The Hall–Kier alpha value is -3.90. The lowest BCUT2D eigenvalue weighted by Gasteiger charge is -2.28. The molecular weight excluding hydrogens is 436 g/mol. The third-order valence-electron chi connectivity index (χ3n) is 4.40. The maximum absolute atomic E-state index is 13.0. The van der Waals surface area contributed by atoms with Gasteiger partial charge in [-0.1, -0.05) is 34.3 Å². The molecule has 2 unspecified atom stereocenters. The number of aromatic amines is 2. The molecule has 0 spiro atoms. The molecule has 1 rings (SSSR count). The van der Waals surface area contributed by atoms with Crippen LogP contribution in [-0.4, -0.2) is 56.0 Å². The quantitative estimate of drug-likeness (QED) is 0.196. The lowest BCUT2D eigenvalue weighted by Crippen LogP contribution is -2.58. The van der Waals surface area contributed by atoms with E-state index in [1.165, 1.54) is 0 Å². The third-order valence-corrected chi connectivity index (χ3v) is 4.40. The van der Waals surface area contributed by atoms with Gasteiger partial charge in [-0.3, -0.25) is 29.6 Å². The molecule has 1 heterocycles. The molecule has 0 aliphatic rings. The van der Waals surface area contributed by atoms with Crippen molar-refractivity contribution >= 4 is 23.8 Å². The van der Waals surface area contributed by atoms with Gasteiger partial charge >= 0.3 is 11.8 Å². The minimum Gasteiger partial charge on any atom is -0.465 e. The SMILES string of the molecule is C=CC(=O)N(Cc1cc(=O)[nH]c(=O)[nH]1)NC(=O)C(CC(C)C)NC(=O)C(NC(=O)O)C(C)C. The van der Waals surface area contributed by atoms with Crippen molar-refractivity contribution in [1.29, 1.82) is 0 Å². The Morgan fingerprint density at radius 3 is 2.21 bits per heavy atom. The first kappa shape index (κ1) is 27.1. The summed E-state index contributed by atoms with van der Waals surface area (Å²) < 4.78 is 0. The molecule has 0 saturated carbocycles. The van der Waals surface area contributed by atoms with Crippen LogP contribution in [0.4, 0.5) is 4.79 Å². The highest BCUT2D eigenvalue weighted by Crippen LogP contribution is 2.09. The smallest absolute Gasteiger partial charge is 0.405 e. The van der Waals surface area contributed by atoms with E-state index < -0.39 is 53.1 Å². The number of H-pyrrole nitrogens is 2. The van der Waals surface area contributed by atoms with Crippen molar-refractivity contribution in [2.45, 2.75) is 52.7 Å². The molecule has 0 saturated heterocycles. The Labute approximate surface area is 189 Å². The number of carboxylic acid groups (broad SMARTS) is 1. The van der Waals surface area contributed by atoms with Crippen LogP contribution < -0.4 is 27.3 Å². The van der Waals surface area contributed by atoms with Crippen LogP contribution in [0, 0.1) is 11.8 Å². The second-order valence-electron chi connectivity index (χ2n) is 8.08. The zero-order valence-electron chi connectivity index (χ0n) is 18.9. The highest BCUT2D eigenvalue weighted by molar-refractivity contribution is 5.93. The van der Waals surface area contributed by atoms with E-state index in [-0.39, 0.29) is 24.6 Å². The molecule has 0 aromatic carbocycles. The zero-order valence-corrected chi connectivity index (χ0v) is 18.9. The summed E-state index contributed by atoms with van der Waals surface area (Å²) in [5.41, 5.74) is 0.933. The third kappa shape index (κ3) is 9.01. The summed E-state index contributed by atoms with van der Waals surface area (Å²) in [5.74, 6) is -2.62. The number of hydrazine groups is 1. The Kier molecular flexibility index (Phi) is 10.0. The van der Waals surface area contributed by atoms with Crippen LogP contribution in [0.15, 0.2) is 28.3 Å². The van der Waals surface area contributed by atoms with E-state index in [0.717, 1.165) is 17.2 Å². The minimum absolute atomic E-state index is 0.0430. The largest absolute Gasteiger partial charge is 0.465 e. The zero-order chi connectivity index (χ0) is 25.3. The van der Waals surface area contributed by atoms with Gasteiger partial charge in [0.2, 0.25) is 5.91 Å². The molecule has 0 aliphatic carbocycles. The van der Waals surface area contributed by atoms with Crippen LogP contribution in [0.1, 0.15) is 39.8 Å². The van der Waals surface area contributed by atoms with Crippen LogP contribution >= 0.6 is 0 Å². The van der Waals surface area contributed by atoms with E-state index in [2.05, 4.69) is 27.6 Å². The highest BCUT2D eigenvalue weighted by Gasteiger charge is 2.30. The van der Waals surface area contributed by atoms with Gasteiger partial charge in [0.05, 0.1) is 6.54 Å². The summed E-state index contributed by atoms with van der Waals surface area (Å²) in [5, 5.41) is 14.5. The molecule has 2 atom stereocenters. The predicted octanol–water partition coefficient (Wildman–Crippen LogP) is -0.568. The van der Waals surface area contributed by atoms with Crippen molar-refractivity contribution in [1.82, 2.24) is 31.0 Å². The van der Waals surface area contributed by atoms with Gasteiger partial charge < -0.3 is 20.7 Å². The second kappa shape index (κ2) is 12.2. The molecule has 0 aliphatic heterocycles. The number of carbonyl (C=O) groups is 4. The average molecular weight is 466 g/mol. The normalized spacial score (nSPS) is 12.5. The van der Waals surface area contributed by atoms with Crippen molar-refractivity contribution in [3.63, 3.8) is 0 Å². The number of carbonyl (C=O) groups excluding carboxylic acids is 3. The Bertz CT molecular complexity index is 969. The van der Waals surface area contributed by atoms with Crippen molar-refractivity contribution in [3.05, 3.63) is 45.3 Å². The van der Waals surface area contributed by atoms with Gasteiger partial charge in [0.25, 0.3) is 17.4 Å². The molecule has 6 N–H and O–H groups in total. The van der Waals surface area contributed by atoms with Crippen LogP contribution in [-0.2, 0) is 20.9 Å². The molecule has 13 nitrogen and oxygen atoms in total. The Morgan fingerprint density at radius 2 is 1.73 bits per heavy atom. The number of nitrogens with zero attached hydrogens (tertiary/aromatic N) is 1. The van der Waals surface area contributed by atoms with Gasteiger partial charge in [0.15, 0.2) is 0 Å². The van der Waals surface area contributed by atoms with E-state index in [9.17, 15) is 28.8 Å². The summed E-state index contributed by atoms with van der Waals surface area (Å²) in [6.07, 6.45) is -0.274. The molecule has 1 aromatic rings. The fourth-order valence-electron chi connectivity index (χ4n) is 2.90. The average Bonchev–Trinajstić information content (AvgIpc) is 2.68. The summed E-state index contributed by atoms with van der Waals surface area (Å²) in [6.45, 7) is 9.92. The Morgan fingerprint density at radius 1 is 1.09 bits per heavy atom. The van der Waals surface area contributed by atoms with E-state index in [1.54, 1.807) is 13.8 Å². The first-order chi connectivity index (χ1) is 15.3. The fourth-order valence-corrected chi connectivity index (χ4v) is 2.90. The first-order valence-corrected chi connectivity index (χ1v) is 10.2. The monoisotopic (exact) mass is 466 g/mol. The Balaban J connectivity index is 3.11. The fraction of sp³-hybridized carbons (Fsp3) is 0.500. The van der Waals surface area contributed by atoms with E-state index in [0.29, 0.717) is 0 Å². The van der Waals surface area contributed by atoms with Gasteiger partial charge in [-0.15, -0.1) is 0 Å². The number of hydrogen-bond acceptors (Lipinski definition) is 6. The molecular formula is C20H30N6O7. The number of hydrogen-bond donors (Lipinski definition) is 6. The molecule has 0 bridgehead atoms. The van der Waals surface area contributed by atoms with Gasteiger partial charge in [-0.2, -0.15) is 0 Å². The lowest BCUT2D eigenvalue weighted by molar-refractivity contribution is -0.141. The summed E-state index contributed by atoms with van der Waals surface area (Å²) in [7, 11) is 0. The molecule has 182 valence electrons. The van der Waals surface area contributed by atoms with Crippen molar-refractivity contribution < 1.29 is 24.3 Å². The van der Waals surface area contributed by atoms with Gasteiger partial charge in [-0.25, -0.2) is 14.6 Å². The molecule has 13 heteroatoms. The maximum Gasteiger partial charge on any atom is 0.405 e. The predicted molar refractivity (Wildman–Crippen MR) is 118 cm³/mol. The van der Waals surface area contributed by atoms with E-state index in [1.807, 2.05) is 18.8 Å². The first-order valence-electron chi connectivity index (χ1n) is 10.2. The second-order valence-corrected chi connectivity index (χ2v) is 8.08. The summed E-state index contributed by atoms with van der Waals surface area (Å²) >= 11 is 0. The molecule has 0 fully saturated rings. The van der Waals surface area contributed by atoms with E-state index >= 15 is 0 Å². The van der Waals surface area contributed by atoms with Crippen molar-refractivity contribution in [2.75, 3.05) is 0 Å². The molecule has 0 radical (unpaired) electrons. The van der Waals surface area contributed by atoms with Crippen LogP contribution in [0.3, 0.4) is 0 Å². The van der Waals surface area contributed by atoms with Crippen LogP contribution in [0.25, 0.3) is 0 Å². The molecule has 33 heavy (non-hydrogen) atoms. The lowest BCUT2D eigenvalue weighted by atomic mass is 10.00. The summed E-state index contributed by atoms with van der Waals surface area (Å²) in [6, 6.07) is -1.15. The molecule has 4 amide bonds. The molecule has 1 aromatic heterocycles. The number of nitrogens with one attached hydrogen (secondary N) is 5. The van der Waals surface area contributed by atoms with Crippen LogP contribution in [0.5, 0.6) is 0 Å². The number of amides is 4. The van der Waals surface area contributed by atoms with Crippen molar-refractivity contribution in [3.8, 4) is 0 Å². The van der Waals surface area contributed by atoms with Gasteiger partial charge in [0, 0.05) is 11.8 Å². The topological polar surface area (TPSA) is 194 Å². The van der Waals surface area contributed by atoms with Gasteiger partial charge in [-0.05, 0) is 24.3 Å². The van der Waals surface area contributed by atoms with Crippen molar-refractivity contribution in [2.24, 2.45) is 11.8 Å². The standard InChI is InChI=1S/C20H30N6O7/c1-6-15(28)26(9-12-8-14(27)23-19(31)21-12)25-17(29)13(7-10(2)3)22-18(30)16(11(4)5)24-20(32)33/h6,8,10-11,13,16,24H,1,7,9H2,2-5H3,(H,22,30)(H,25,29)(H,32,33)(H2,21,23,27,31). The van der Waals surface area contributed by atoms with Gasteiger partial charge in [0.1, 0.15) is 12.1 Å². The van der Waals surface area contributed by atoms with Crippen LogP contribution in [0.2, 0.25) is 0 Å². The number of rotatable bonds is 10. The highest BCUT2D eigenvalue weighted by atomic mass is 16.4. The maximum atomic E-state index is 13.0. The minimum atomic E-state index is -1.39.